The van der Waals surface area contributed by atoms with Crippen LogP contribution in [0.5, 0.6) is 0 Å². The summed E-state index contributed by atoms with van der Waals surface area (Å²) in [5.41, 5.74) is 2.43. The highest BCUT2D eigenvalue weighted by Crippen LogP contribution is 2.22. The summed E-state index contributed by atoms with van der Waals surface area (Å²) in [6.07, 6.45) is 10.4. The van der Waals surface area contributed by atoms with Crippen LogP contribution >= 0.6 is 0 Å². The first kappa shape index (κ1) is 24.9. The summed E-state index contributed by atoms with van der Waals surface area (Å²) < 4.78 is 9.05. The first-order chi connectivity index (χ1) is 17.9. The predicted octanol–water partition coefficient (Wildman–Crippen LogP) is 1.59. The minimum atomic E-state index is -0.489. The quantitative estimate of drug-likeness (QED) is 0.427. The minimum Gasteiger partial charge on any atom is -0.444 e. The highest BCUT2D eigenvalue weighted by atomic mass is 16.6. The minimum absolute atomic E-state index is 0.0507. The van der Waals surface area contributed by atoms with Crippen LogP contribution in [0.15, 0.2) is 25.0 Å². The van der Waals surface area contributed by atoms with Crippen LogP contribution < -0.4 is 5.32 Å². The molecular weight excluding hydrogens is 476 g/mol. The zero-order chi connectivity index (χ0) is 25.8. The number of amides is 1. The number of carbonyl (C=O) groups excluding carboxylic acids is 1. The molecule has 2 aliphatic heterocycles. The van der Waals surface area contributed by atoms with E-state index in [0.717, 1.165) is 37.1 Å². The summed E-state index contributed by atoms with van der Waals surface area (Å²) >= 11 is 0. The third-order valence-electron chi connectivity index (χ3n) is 6.30. The molecule has 2 saturated heterocycles. The Labute approximate surface area is 213 Å². The molecule has 2 aliphatic rings. The van der Waals surface area contributed by atoms with E-state index in [4.69, 9.17) is 4.74 Å². The maximum atomic E-state index is 12.3. The number of nitrogens with one attached hydrogen (secondary N) is 1. The van der Waals surface area contributed by atoms with Gasteiger partial charge < -0.3 is 15.0 Å². The van der Waals surface area contributed by atoms with Gasteiger partial charge in [-0.15, -0.1) is 10.2 Å². The van der Waals surface area contributed by atoms with E-state index in [-0.39, 0.29) is 12.1 Å². The Kier molecular flexibility index (Phi) is 7.17. The molecule has 4 aromatic heterocycles. The van der Waals surface area contributed by atoms with Crippen molar-refractivity contribution in [2.24, 2.45) is 0 Å². The molecule has 2 fully saturated rings. The van der Waals surface area contributed by atoms with E-state index >= 15 is 0 Å². The summed E-state index contributed by atoms with van der Waals surface area (Å²) in [4.78, 5) is 30.3. The van der Waals surface area contributed by atoms with Gasteiger partial charge in [-0.2, -0.15) is 0 Å². The molecule has 0 aliphatic carbocycles. The van der Waals surface area contributed by atoms with E-state index in [1.54, 1.807) is 22.0 Å². The number of hydrogen-bond donors (Lipinski definition) is 1. The molecule has 0 spiro atoms. The fourth-order valence-corrected chi connectivity index (χ4v) is 4.61. The van der Waals surface area contributed by atoms with E-state index in [9.17, 15) is 4.79 Å². The van der Waals surface area contributed by atoms with Gasteiger partial charge in [0.2, 0.25) is 0 Å². The molecule has 37 heavy (non-hydrogen) atoms. The average molecular weight is 509 g/mol. The zero-order valence-corrected chi connectivity index (χ0v) is 21.4. The van der Waals surface area contributed by atoms with Crippen molar-refractivity contribution >= 4 is 28.4 Å². The number of ether oxygens (including phenoxy) is 1. The molecule has 196 valence electrons. The molecule has 0 bridgehead atoms. The average Bonchev–Trinajstić information content (AvgIpc) is 3.68. The highest BCUT2D eigenvalue weighted by Gasteiger charge is 2.33. The fraction of sp³-hybridized carbons (Fsp3) is 0.609. The Bertz CT molecular complexity index is 1340. The number of likely N-dealkylation sites (tertiary alicyclic amines) is 1. The second-order valence-corrected chi connectivity index (χ2v) is 10.3. The smallest absolute Gasteiger partial charge is 0.410 e. The maximum Gasteiger partial charge on any atom is 0.410 e. The van der Waals surface area contributed by atoms with Crippen molar-refractivity contribution in [3.63, 3.8) is 0 Å². The van der Waals surface area contributed by atoms with E-state index in [1.807, 2.05) is 25.5 Å². The standard InChI is InChI=1S/C14H20N6O2.C9H12N6/c1-14(2,3)22-13(21)19-6-4-5-10(19)8-20-12-11(17-18-20)7-15-9-16-12;1-2-7(11-3-1)5-15-9-8(13-14-15)4-10-6-12-9/h7,9-10H,4-6,8H2,1-3H3;4,6-7,11H,1-3,5H2/t10-;7-/m00/s1. The van der Waals surface area contributed by atoms with Gasteiger partial charge in [0.25, 0.3) is 0 Å². The van der Waals surface area contributed by atoms with Crippen molar-refractivity contribution in [2.45, 2.75) is 77.2 Å². The third kappa shape index (κ3) is 5.96. The van der Waals surface area contributed by atoms with Gasteiger partial charge in [-0.3, -0.25) is 0 Å². The summed E-state index contributed by atoms with van der Waals surface area (Å²) in [7, 11) is 0. The van der Waals surface area contributed by atoms with Crippen LogP contribution in [0.2, 0.25) is 0 Å². The molecule has 6 rings (SSSR count). The van der Waals surface area contributed by atoms with E-state index in [0.29, 0.717) is 30.3 Å². The third-order valence-corrected chi connectivity index (χ3v) is 6.30. The van der Waals surface area contributed by atoms with Gasteiger partial charge in [0.05, 0.1) is 31.5 Å². The number of carbonyl (C=O) groups is 1. The van der Waals surface area contributed by atoms with Crippen LogP contribution in [0.3, 0.4) is 0 Å². The largest absolute Gasteiger partial charge is 0.444 e. The lowest BCUT2D eigenvalue weighted by atomic mass is 10.2. The van der Waals surface area contributed by atoms with Gasteiger partial charge in [-0.05, 0) is 53.0 Å². The lowest BCUT2D eigenvalue weighted by Gasteiger charge is -2.28. The Morgan fingerprint density at radius 2 is 1.62 bits per heavy atom. The number of rotatable bonds is 4. The number of fused-ring (bicyclic) bond motifs is 2. The molecule has 2 atom stereocenters. The van der Waals surface area contributed by atoms with Crippen LogP contribution in [0.1, 0.15) is 46.5 Å². The highest BCUT2D eigenvalue weighted by molar-refractivity contribution is 5.69. The van der Waals surface area contributed by atoms with E-state index < -0.39 is 5.60 Å². The first-order valence-electron chi connectivity index (χ1n) is 12.6. The van der Waals surface area contributed by atoms with E-state index in [1.165, 1.54) is 25.5 Å². The summed E-state index contributed by atoms with van der Waals surface area (Å²) in [6.45, 7) is 8.83. The van der Waals surface area contributed by atoms with E-state index in [2.05, 4.69) is 45.9 Å². The number of nitrogens with zero attached hydrogens (tertiary/aromatic N) is 11. The Hall–Kier alpha value is -3.81. The molecule has 14 heteroatoms. The van der Waals surface area contributed by atoms with Crippen LogP contribution in [0, 0.1) is 0 Å². The Morgan fingerprint density at radius 1 is 0.973 bits per heavy atom. The van der Waals surface area contributed by atoms with Crippen molar-refractivity contribution in [3.05, 3.63) is 25.0 Å². The maximum absolute atomic E-state index is 12.3. The SMILES string of the molecule is CC(C)(C)OC(=O)N1CCC[C@H]1Cn1nnc2cncnc21.c1ncc2nnn(C[C@@H]3CCCN3)c2n1. The molecule has 0 radical (unpaired) electrons. The van der Waals surface area contributed by atoms with Crippen molar-refractivity contribution < 1.29 is 9.53 Å². The first-order valence-corrected chi connectivity index (χ1v) is 12.6. The summed E-state index contributed by atoms with van der Waals surface area (Å²) in [6, 6.07) is 0.555. The molecule has 0 saturated carbocycles. The van der Waals surface area contributed by atoms with Crippen LogP contribution in [0.25, 0.3) is 22.3 Å². The van der Waals surface area contributed by atoms with Crippen molar-refractivity contribution in [1.29, 1.82) is 0 Å². The lowest BCUT2D eigenvalue weighted by Crippen LogP contribution is -2.41. The normalized spacial score (nSPS) is 19.8. The van der Waals surface area contributed by atoms with Gasteiger partial charge in [0.15, 0.2) is 22.3 Å². The second-order valence-electron chi connectivity index (χ2n) is 10.3. The fourth-order valence-electron chi connectivity index (χ4n) is 4.61. The van der Waals surface area contributed by atoms with Crippen molar-refractivity contribution in [3.8, 4) is 0 Å². The van der Waals surface area contributed by atoms with Crippen LogP contribution in [-0.2, 0) is 17.8 Å². The van der Waals surface area contributed by atoms with Gasteiger partial charge >= 0.3 is 6.09 Å². The molecule has 1 amide bonds. The number of hydrogen-bond acceptors (Lipinski definition) is 11. The van der Waals surface area contributed by atoms with Gasteiger partial charge in [-0.1, -0.05) is 10.4 Å². The van der Waals surface area contributed by atoms with Crippen molar-refractivity contribution in [2.75, 3.05) is 13.1 Å². The molecule has 1 N–H and O–H groups in total. The predicted molar refractivity (Wildman–Crippen MR) is 133 cm³/mol. The molecule has 4 aromatic rings. The Morgan fingerprint density at radius 3 is 2.22 bits per heavy atom. The molecule has 6 heterocycles. The molecule has 14 nitrogen and oxygen atoms in total. The van der Waals surface area contributed by atoms with Gasteiger partial charge in [0, 0.05) is 12.6 Å². The second kappa shape index (κ2) is 10.7. The van der Waals surface area contributed by atoms with Gasteiger partial charge in [0.1, 0.15) is 18.3 Å². The topological polar surface area (TPSA) is 155 Å². The summed E-state index contributed by atoms with van der Waals surface area (Å²) in [5.74, 6) is 0. The zero-order valence-electron chi connectivity index (χ0n) is 21.4. The molecule has 0 aromatic carbocycles. The lowest BCUT2D eigenvalue weighted by molar-refractivity contribution is 0.0212. The number of aromatic nitrogens is 10. The van der Waals surface area contributed by atoms with Crippen LogP contribution in [-0.4, -0.2) is 91.7 Å². The molecule has 0 unspecified atom stereocenters. The van der Waals surface area contributed by atoms with Gasteiger partial charge in [-0.25, -0.2) is 34.1 Å². The van der Waals surface area contributed by atoms with Crippen LogP contribution in [0.4, 0.5) is 4.79 Å². The Balaban J connectivity index is 0.000000162. The summed E-state index contributed by atoms with van der Waals surface area (Å²) in [5, 5.41) is 19.7. The monoisotopic (exact) mass is 508 g/mol. The molecular formula is C23H32N12O2. The van der Waals surface area contributed by atoms with Crippen molar-refractivity contribution in [1.82, 2.24) is 60.1 Å².